The first-order chi connectivity index (χ1) is 10.2. The molecule has 1 aromatic heterocycles. The van der Waals surface area contributed by atoms with Crippen LogP contribution >= 0.6 is 0 Å². The Morgan fingerprint density at radius 2 is 2.00 bits per heavy atom. The number of pyridine rings is 1. The molecule has 0 atom stereocenters. The molecule has 0 aliphatic rings. The Hall–Kier alpha value is -2.88. The second kappa shape index (κ2) is 5.63. The number of nitrogens with zero attached hydrogens (tertiary/aromatic N) is 1. The largest absolute Gasteiger partial charge is 0.489 e. The van der Waals surface area contributed by atoms with Crippen molar-refractivity contribution < 1.29 is 14.6 Å². The number of benzene rings is 2. The van der Waals surface area contributed by atoms with Gasteiger partial charge in [0.1, 0.15) is 12.4 Å². The topological polar surface area (TPSA) is 59.4 Å². The molecule has 0 spiro atoms. The fourth-order valence-electron chi connectivity index (χ4n) is 2.10. The number of rotatable bonds is 4. The molecule has 0 radical (unpaired) electrons. The maximum absolute atomic E-state index is 10.9. The number of carboxylic acids is 1. The third kappa shape index (κ3) is 3.00. The van der Waals surface area contributed by atoms with E-state index in [0.29, 0.717) is 6.61 Å². The minimum absolute atomic E-state index is 0.263. The van der Waals surface area contributed by atoms with Gasteiger partial charge in [-0.1, -0.05) is 18.2 Å². The summed E-state index contributed by atoms with van der Waals surface area (Å²) in [6, 6.07) is 16.3. The van der Waals surface area contributed by atoms with Crippen LogP contribution in [0.4, 0.5) is 0 Å². The summed E-state index contributed by atoms with van der Waals surface area (Å²) < 4.78 is 5.71. The van der Waals surface area contributed by atoms with Gasteiger partial charge in [-0.15, -0.1) is 0 Å². The molecule has 1 heterocycles. The average Bonchev–Trinajstić information content (AvgIpc) is 2.53. The highest BCUT2D eigenvalue weighted by Crippen LogP contribution is 2.20. The zero-order valence-electron chi connectivity index (χ0n) is 11.2. The molecule has 21 heavy (non-hydrogen) atoms. The predicted molar refractivity (Wildman–Crippen MR) is 79.5 cm³/mol. The highest BCUT2D eigenvalue weighted by Gasteiger charge is 2.04. The summed E-state index contributed by atoms with van der Waals surface area (Å²) in [4.78, 5) is 15.2. The van der Waals surface area contributed by atoms with Gasteiger partial charge in [-0.3, -0.25) is 4.98 Å². The van der Waals surface area contributed by atoms with Gasteiger partial charge in [0.05, 0.1) is 11.1 Å². The maximum atomic E-state index is 10.9. The van der Waals surface area contributed by atoms with Crippen LogP contribution in [0.15, 0.2) is 60.8 Å². The predicted octanol–water partition coefficient (Wildman–Crippen LogP) is 3.51. The van der Waals surface area contributed by atoms with Crippen molar-refractivity contribution in [2.24, 2.45) is 0 Å². The van der Waals surface area contributed by atoms with E-state index in [1.165, 1.54) is 0 Å². The first kappa shape index (κ1) is 13.1. The maximum Gasteiger partial charge on any atom is 0.335 e. The lowest BCUT2D eigenvalue weighted by Crippen LogP contribution is -2.00. The fourth-order valence-corrected chi connectivity index (χ4v) is 2.10. The Balaban J connectivity index is 1.77. The number of carbonyl (C=O) groups is 1. The Morgan fingerprint density at radius 3 is 2.86 bits per heavy atom. The van der Waals surface area contributed by atoms with Crippen molar-refractivity contribution in [2.45, 2.75) is 6.61 Å². The first-order valence-electron chi connectivity index (χ1n) is 6.52. The van der Waals surface area contributed by atoms with E-state index >= 15 is 0 Å². The summed E-state index contributed by atoms with van der Waals surface area (Å²) in [5, 5.41) is 9.97. The van der Waals surface area contributed by atoms with Crippen LogP contribution < -0.4 is 4.74 Å². The van der Waals surface area contributed by atoms with Crippen LogP contribution in [0.2, 0.25) is 0 Å². The molecule has 0 aliphatic heterocycles. The normalized spacial score (nSPS) is 10.5. The van der Waals surface area contributed by atoms with Crippen molar-refractivity contribution in [3.63, 3.8) is 0 Å². The molecule has 2 aromatic carbocycles. The lowest BCUT2D eigenvalue weighted by atomic mass is 10.1. The minimum Gasteiger partial charge on any atom is -0.489 e. The number of carboxylic acid groups (broad SMARTS) is 1. The van der Waals surface area contributed by atoms with Gasteiger partial charge in [-0.25, -0.2) is 4.79 Å². The quantitative estimate of drug-likeness (QED) is 0.794. The molecule has 0 unspecified atom stereocenters. The highest BCUT2D eigenvalue weighted by molar-refractivity contribution is 5.87. The van der Waals surface area contributed by atoms with Crippen LogP contribution in [0.5, 0.6) is 5.75 Å². The summed E-state index contributed by atoms with van der Waals surface area (Å²) in [6.07, 6.45) is 1.75. The van der Waals surface area contributed by atoms with Gasteiger partial charge < -0.3 is 9.84 Å². The highest BCUT2D eigenvalue weighted by atomic mass is 16.5. The molecule has 1 N–H and O–H groups in total. The molecule has 104 valence electrons. The molecular weight excluding hydrogens is 266 g/mol. The zero-order valence-corrected chi connectivity index (χ0v) is 11.2. The molecule has 0 amide bonds. The van der Waals surface area contributed by atoms with Crippen LogP contribution in [-0.4, -0.2) is 16.1 Å². The Morgan fingerprint density at radius 1 is 1.10 bits per heavy atom. The van der Waals surface area contributed by atoms with Crippen molar-refractivity contribution >= 4 is 16.9 Å². The van der Waals surface area contributed by atoms with E-state index in [4.69, 9.17) is 9.84 Å². The van der Waals surface area contributed by atoms with E-state index in [-0.39, 0.29) is 5.56 Å². The number of fused-ring (bicyclic) bond motifs is 1. The second-order valence-electron chi connectivity index (χ2n) is 4.65. The van der Waals surface area contributed by atoms with Gasteiger partial charge in [0.25, 0.3) is 0 Å². The van der Waals surface area contributed by atoms with Crippen LogP contribution in [0, 0.1) is 0 Å². The molecule has 4 heteroatoms. The molecule has 0 saturated carbocycles. The summed E-state index contributed by atoms with van der Waals surface area (Å²) >= 11 is 0. The van der Waals surface area contributed by atoms with Crippen molar-refractivity contribution in [1.29, 1.82) is 0 Å². The van der Waals surface area contributed by atoms with Crippen LogP contribution in [0.3, 0.4) is 0 Å². The van der Waals surface area contributed by atoms with Gasteiger partial charge in [0.2, 0.25) is 0 Å². The monoisotopic (exact) mass is 279 g/mol. The van der Waals surface area contributed by atoms with Gasteiger partial charge >= 0.3 is 5.97 Å². The summed E-state index contributed by atoms with van der Waals surface area (Å²) in [5.74, 6) is -0.204. The molecule has 3 aromatic rings. The van der Waals surface area contributed by atoms with Crippen LogP contribution in [-0.2, 0) is 6.61 Å². The molecule has 0 bridgehead atoms. The Labute approximate surface area is 121 Å². The van der Waals surface area contributed by atoms with E-state index in [2.05, 4.69) is 4.98 Å². The van der Waals surface area contributed by atoms with Gasteiger partial charge in [0.15, 0.2) is 0 Å². The molecular formula is C17H13NO3. The molecule has 0 fully saturated rings. The number of aromatic carboxylic acids is 1. The van der Waals surface area contributed by atoms with E-state index in [1.54, 1.807) is 24.4 Å². The zero-order chi connectivity index (χ0) is 14.7. The SMILES string of the molecule is O=C(O)c1cccc(COc2ccc3ncccc3c2)c1. The van der Waals surface area contributed by atoms with E-state index in [0.717, 1.165) is 22.2 Å². The first-order valence-corrected chi connectivity index (χ1v) is 6.52. The standard InChI is InChI=1S/C17H13NO3/c19-17(20)14-4-1-3-12(9-14)11-21-15-6-7-16-13(10-15)5-2-8-18-16/h1-10H,11H2,(H,19,20). The Bertz CT molecular complexity index is 799. The lowest BCUT2D eigenvalue weighted by Gasteiger charge is -2.07. The average molecular weight is 279 g/mol. The third-order valence-electron chi connectivity index (χ3n) is 3.15. The van der Waals surface area contributed by atoms with E-state index in [9.17, 15) is 4.79 Å². The molecule has 0 saturated heterocycles. The summed E-state index contributed by atoms with van der Waals surface area (Å²) in [5.41, 5.74) is 2.00. The molecule has 4 nitrogen and oxygen atoms in total. The van der Waals surface area contributed by atoms with Crippen molar-refractivity contribution in [2.75, 3.05) is 0 Å². The third-order valence-corrected chi connectivity index (χ3v) is 3.15. The number of ether oxygens (including phenoxy) is 1. The number of hydrogen-bond acceptors (Lipinski definition) is 3. The van der Waals surface area contributed by atoms with Crippen molar-refractivity contribution in [3.05, 3.63) is 71.9 Å². The van der Waals surface area contributed by atoms with Crippen LogP contribution in [0.25, 0.3) is 10.9 Å². The van der Waals surface area contributed by atoms with E-state index in [1.807, 2.05) is 36.4 Å². The second-order valence-corrected chi connectivity index (χ2v) is 4.65. The lowest BCUT2D eigenvalue weighted by molar-refractivity contribution is 0.0696. The molecule has 3 rings (SSSR count). The fraction of sp³-hybridized carbons (Fsp3) is 0.0588. The summed E-state index contributed by atoms with van der Waals surface area (Å²) in [7, 11) is 0. The van der Waals surface area contributed by atoms with Gasteiger partial charge in [-0.05, 0) is 42.0 Å². The molecule has 0 aliphatic carbocycles. The summed E-state index contributed by atoms with van der Waals surface area (Å²) in [6.45, 7) is 0.326. The smallest absolute Gasteiger partial charge is 0.335 e. The van der Waals surface area contributed by atoms with Crippen molar-refractivity contribution in [3.8, 4) is 5.75 Å². The van der Waals surface area contributed by atoms with E-state index < -0.39 is 5.97 Å². The number of hydrogen-bond donors (Lipinski definition) is 1. The van der Waals surface area contributed by atoms with Crippen LogP contribution in [0.1, 0.15) is 15.9 Å². The van der Waals surface area contributed by atoms with Crippen molar-refractivity contribution in [1.82, 2.24) is 4.98 Å². The van der Waals surface area contributed by atoms with Gasteiger partial charge in [0, 0.05) is 11.6 Å². The van der Waals surface area contributed by atoms with Gasteiger partial charge in [-0.2, -0.15) is 0 Å². The Kier molecular flexibility index (Phi) is 3.51. The number of aromatic nitrogens is 1. The minimum atomic E-state index is -0.936.